The van der Waals surface area contributed by atoms with Crippen LogP contribution in [0.1, 0.15) is 18.3 Å². The zero-order chi connectivity index (χ0) is 16.2. The van der Waals surface area contributed by atoms with Gasteiger partial charge < -0.3 is 5.32 Å². The van der Waals surface area contributed by atoms with E-state index < -0.39 is 0 Å². The number of benzene rings is 1. The topological polar surface area (TPSA) is 73.5 Å². The Morgan fingerprint density at radius 3 is 3.00 bits per heavy atom. The van der Waals surface area contributed by atoms with Gasteiger partial charge in [-0.2, -0.15) is 9.78 Å². The highest BCUT2D eigenvalue weighted by Crippen LogP contribution is 2.15. The summed E-state index contributed by atoms with van der Waals surface area (Å²) in [4.78, 5) is 0. The van der Waals surface area contributed by atoms with Crippen LogP contribution in [0.2, 0.25) is 0 Å². The predicted octanol–water partition coefficient (Wildman–Crippen LogP) is 1.48. The van der Waals surface area contributed by atoms with Crippen molar-refractivity contribution < 1.29 is 4.39 Å². The molecule has 2 aromatic heterocycles. The molecule has 7 nitrogen and oxygen atoms in total. The highest BCUT2D eigenvalue weighted by molar-refractivity contribution is 5.36. The van der Waals surface area contributed by atoms with Gasteiger partial charge in [0.1, 0.15) is 11.5 Å². The summed E-state index contributed by atoms with van der Waals surface area (Å²) in [5.74, 6) is 0.204. The van der Waals surface area contributed by atoms with E-state index in [0.717, 1.165) is 12.1 Å². The quantitative estimate of drug-likeness (QED) is 0.746. The van der Waals surface area contributed by atoms with Gasteiger partial charge in [-0.3, -0.25) is 4.68 Å². The number of nitrogens with one attached hydrogen (secondary N) is 1. The molecule has 0 unspecified atom stereocenters. The molecule has 1 aromatic carbocycles. The van der Waals surface area contributed by atoms with E-state index in [9.17, 15) is 4.39 Å². The average molecular weight is 315 g/mol. The van der Waals surface area contributed by atoms with E-state index >= 15 is 0 Å². The summed E-state index contributed by atoms with van der Waals surface area (Å²) in [6.45, 7) is 5.11. The summed E-state index contributed by atoms with van der Waals surface area (Å²) in [5.41, 5.74) is 1.30. The van der Waals surface area contributed by atoms with Crippen molar-refractivity contribution in [3.8, 4) is 5.69 Å². The molecule has 0 saturated carbocycles. The lowest BCUT2D eigenvalue weighted by Gasteiger charge is -2.14. The third kappa shape index (κ3) is 3.59. The number of hydrogen-bond acceptors (Lipinski definition) is 5. The van der Waals surface area contributed by atoms with Crippen LogP contribution < -0.4 is 5.32 Å². The van der Waals surface area contributed by atoms with E-state index in [1.54, 1.807) is 18.3 Å². The third-order valence-electron chi connectivity index (χ3n) is 3.49. The molecule has 0 bridgehead atoms. The first-order valence-electron chi connectivity index (χ1n) is 7.38. The summed E-state index contributed by atoms with van der Waals surface area (Å²) in [5, 5.41) is 19.0. The lowest BCUT2D eigenvalue weighted by Crippen LogP contribution is -2.31. The summed E-state index contributed by atoms with van der Waals surface area (Å²) in [6.07, 6.45) is 3.65. The van der Waals surface area contributed by atoms with Gasteiger partial charge in [-0.05, 0) is 48.0 Å². The van der Waals surface area contributed by atoms with Crippen LogP contribution in [0.3, 0.4) is 0 Å². The fourth-order valence-corrected chi connectivity index (χ4v) is 2.31. The molecular formula is C15H18FN7. The van der Waals surface area contributed by atoms with E-state index in [0.29, 0.717) is 18.1 Å². The van der Waals surface area contributed by atoms with Gasteiger partial charge in [0.2, 0.25) is 0 Å². The minimum atomic E-state index is -0.353. The molecule has 0 radical (unpaired) electrons. The second kappa shape index (κ2) is 6.66. The van der Waals surface area contributed by atoms with Crippen molar-refractivity contribution in [1.29, 1.82) is 0 Å². The Balaban J connectivity index is 1.70. The predicted molar refractivity (Wildman–Crippen MR) is 82.4 cm³/mol. The molecule has 0 aliphatic heterocycles. The van der Waals surface area contributed by atoms with Crippen LogP contribution >= 0.6 is 0 Å². The molecule has 0 saturated heterocycles. The smallest absolute Gasteiger partial charge is 0.170 e. The Hall–Kier alpha value is -2.61. The molecule has 0 amide bonds. The summed E-state index contributed by atoms with van der Waals surface area (Å²) in [7, 11) is 0. The van der Waals surface area contributed by atoms with Crippen molar-refractivity contribution in [2.75, 3.05) is 0 Å². The van der Waals surface area contributed by atoms with Gasteiger partial charge in [0.25, 0.3) is 0 Å². The molecule has 3 aromatic rings. The molecule has 23 heavy (non-hydrogen) atoms. The van der Waals surface area contributed by atoms with Gasteiger partial charge in [-0.15, -0.1) is 5.10 Å². The highest BCUT2D eigenvalue weighted by atomic mass is 19.1. The average Bonchev–Trinajstić information content (AvgIpc) is 3.19. The molecule has 120 valence electrons. The van der Waals surface area contributed by atoms with Crippen molar-refractivity contribution >= 4 is 0 Å². The molecule has 0 spiro atoms. The van der Waals surface area contributed by atoms with Crippen LogP contribution in [0.25, 0.3) is 5.69 Å². The zero-order valence-corrected chi connectivity index (χ0v) is 13.0. The number of rotatable bonds is 6. The number of nitrogens with zero attached hydrogens (tertiary/aromatic N) is 6. The van der Waals surface area contributed by atoms with Crippen molar-refractivity contribution in [3.63, 3.8) is 0 Å². The molecule has 0 aliphatic rings. The SMILES string of the molecule is Cc1ccc(F)c(-n2nnnc2CN[C@H](C)Cn2cccn2)c1. The minimum Gasteiger partial charge on any atom is -0.305 e. The Morgan fingerprint density at radius 2 is 2.22 bits per heavy atom. The van der Waals surface area contributed by atoms with E-state index in [1.165, 1.54) is 10.7 Å². The molecule has 3 rings (SSSR count). The summed E-state index contributed by atoms with van der Waals surface area (Å²) in [6, 6.07) is 6.91. The molecule has 2 heterocycles. The second-order valence-electron chi connectivity index (χ2n) is 5.47. The van der Waals surface area contributed by atoms with Gasteiger partial charge >= 0.3 is 0 Å². The van der Waals surface area contributed by atoms with Crippen molar-refractivity contribution in [2.24, 2.45) is 0 Å². The van der Waals surface area contributed by atoms with Crippen LogP contribution in [0.5, 0.6) is 0 Å². The van der Waals surface area contributed by atoms with E-state index in [2.05, 4.69) is 25.9 Å². The number of aryl methyl sites for hydroxylation is 1. The molecule has 1 atom stereocenters. The summed E-state index contributed by atoms with van der Waals surface area (Å²) >= 11 is 0. The molecule has 0 aliphatic carbocycles. The van der Waals surface area contributed by atoms with Crippen molar-refractivity contribution in [2.45, 2.75) is 33.0 Å². The first kappa shape index (κ1) is 15.3. The van der Waals surface area contributed by atoms with Gasteiger partial charge in [0.05, 0.1) is 13.1 Å². The zero-order valence-electron chi connectivity index (χ0n) is 13.0. The van der Waals surface area contributed by atoms with Gasteiger partial charge in [0.15, 0.2) is 5.82 Å². The lowest BCUT2D eigenvalue weighted by molar-refractivity contribution is 0.442. The van der Waals surface area contributed by atoms with Crippen LogP contribution in [0.4, 0.5) is 4.39 Å². The van der Waals surface area contributed by atoms with Crippen molar-refractivity contribution in [3.05, 3.63) is 53.9 Å². The first-order valence-corrected chi connectivity index (χ1v) is 7.38. The Labute approximate surface area is 133 Å². The number of halogens is 1. The van der Waals surface area contributed by atoms with Gasteiger partial charge in [0, 0.05) is 18.4 Å². The first-order chi connectivity index (χ1) is 11.1. The fraction of sp³-hybridized carbons (Fsp3) is 0.333. The normalized spacial score (nSPS) is 12.5. The Kier molecular flexibility index (Phi) is 4.42. The van der Waals surface area contributed by atoms with Gasteiger partial charge in [-0.1, -0.05) is 6.07 Å². The third-order valence-corrected chi connectivity index (χ3v) is 3.49. The highest BCUT2D eigenvalue weighted by Gasteiger charge is 2.13. The fourth-order valence-electron chi connectivity index (χ4n) is 2.31. The van der Waals surface area contributed by atoms with Gasteiger partial charge in [-0.25, -0.2) is 4.39 Å². The number of aromatic nitrogens is 6. The van der Waals surface area contributed by atoms with Crippen LogP contribution in [-0.4, -0.2) is 36.0 Å². The maximum absolute atomic E-state index is 14.0. The van der Waals surface area contributed by atoms with E-state index in [1.807, 2.05) is 30.8 Å². The number of hydrogen-bond donors (Lipinski definition) is 1. The largest absolute Gasteiger partial charge is 0.305 e. The lowest BCUT2D eigenvalue weighted by atomic mass is 10.2. The van der Waals surface area contributed by atoms with E-state index in [-0.39, 0.29) is 11.9 Å². The Bertz CT molecular complexity index is 766. The maximum atomic E-state index is 14.0. The van der Waals surface area contributed by atoms with Crippen LogP contribution in [0, 0.1) is 12.7 Å². The summed E-state index contributed by atoms with van der Waals surface area (Å²) < 4.78 is 17.3. The van der Waals surface area contributed by atoms with Crippen LogP contribution in [0.15, 0.2) is 36.7 Å². The van der Waals surface area contributed by atoms with E-state index in [4.69, 9.17) is 0 Å². The monoisotopic (exact) mass is 315 g/mol. The molecule has 0 fully saturated rings. The minimum absolute atomic E-state index is 0.169. The maximum Gasteiger partial charge on any atom is 0.170 e. The van der Waals surface area contributed by atoms with Crippen molar-refractivity contribution in [1.82, 2.24) is 35.3 Å². The molecular weight excluding hydrogens is 297 g/mol. The molecule has 8 heteroatoms. The molecule has 1 N–H and O–H groups in total. The number of tetrazole rings is 1. The second-order valence-corrected chi connectivity index (χ2v) is 5.47. The van der Waals surface area contributed by atoms with Crippen LogP contribution in [-0.2, 0) is 13.1 Å². The standard InChI is InChI=1S/C15H18FN7/c1-11-4-5-13(16)14(8-11)23-15(19-20-21-23)9-17-12(2)10-22-7-3-6-18-22/h3-8,12,17H,9-10H2,1-2H3/t12-/m1/s1. The Morgan fingerprint density at radius 1 is 1.35 bits per heavy atom.